The summed E-state index contributed by atoms with van der Waals surface area (Å²) in [6, 6.07) is 4.90. The van der Waals surface area contributed by atoms with Gasteiger partial charge >= 0.3 is 0 Å². The van der Waals surface area contributed by atoms with Crippen molar-refractivity contribution < 1.29 is 17.9 Å². The van der Waals surface area contributed by atoms with Crippen LogP contribution in [0.3, 0.4) is 0 Å². The van der Waals surface area contributed by atoms with Crippen molar-refractivity contribution in [1.82, 2.24) is 19.6 Å². The van der Waals surface area contributed by atoms with Crippen molar-refractivity contribution in [2.24, 2.45) is 0 Å². The topological polar surface area (TPSA) is 101 Å². The number of nitrogens with zero attached hydrogens (tertiary/aromatic N) is 3. The number of hydrogen-bond donors (Lipinski definition) is 1. The largest absolute Gasteiger partial charge is 0.489 e. The van der Waals surface area contributed by atoms with E-state index in [4.69, 9.17) is 16.3 Å². The summed E-state index contributed by atoms with van der Waals surface area (Å²) in [5.74, 6) is 0.254. The van der Waals surface area contributed by atoms with Crippen LogP contribution in [0.5, 0.6) is 5.75 Å². The fraction of sp³-hybridized carbons (Fsp3) is 0.421. The second-order valence-electron chi connectivity index (χ2n) is 6.83. The van der Waals surface area contributed by atoms with Crippen molar-refractivity contribution in [2.75, 3.05) is 25.9 Å². The summed E-state index contributed by atoms with van der Waals surface area (Å²) in [7, 11) is -3.17. The highest BCUT2D eigenvalue weighted by atomic mass is 35.5. The van der Waals surface area contributed by atoms with Crippen LogP contribution < -0.4 is 10.1 Å². The maximum atomic E-state index is 12.3. The van der Waals surface area contributed by atoms with Crippen LogP contribution in [0.15, 0.2) is 36.8 Å². The highest BCUT2D eigenvalue weighted by Crippen LogP contribution is 2.28. The Balaban J connectivity index is 1.51. The molecule has 0 unspecified atom stereocenters. The van der Waals surface area contributed by atoms with Crippen LogP contribution in [0.25, 0.3) is 0 Å². The van der Waals surface area contributed by atoms with Gasteiger partial charge in [-0.15, -0.1) is 0 Å². The summed E-state index contributed by atoms with van der Waals surface area (Å²) in [6.45, 7) is 1.28. The minimum absolute atomic E-state index is 0.114. The highest BCUT2D eigenvalue weighted by molar-refractivity contribution is 7.88. The number of hydrogen-bond acceptors (Lipinski definition) is 6. The number of carbonyl (C=O) groups is 1. The maximum Gasteiger partial charge on any atom is 0.251 e. The Hall–Kier alpha value is -2.23. The number of amides is 1. The number of sulfonamides is 1. The molecule has 1 amide bonds. The second-order valence-corrected chi connectivity index (χ2v) is 9.22. The van der Waals surface area contributed by atoms with Gasteiger partial charge in [0.05, 0.1) is 17.0 Å². The molecule has 0 spiro atoms. The van der Waals surface area contributed by atoms with Crippen molar-refractivity contribution in [3.8, 4) is 5.75 Å². The molecule has 1 saturated heterocycles. The molecule has 0 aliphatic carbocycles. The van der Waals surface area contributed by atoms with E-state index in [1.54, 1.807) is 36.8 Å². The van der Waals surface area contributed by atoms with Crippen LogP contribution in [0.1, 0.15) is 28.9 Å². The van der Waals surface area contributed by atoms with E-state index in [1.165, 1.54) is 10.6 Å². The Kier molecular flexibility index (Phi) is 7.05. The molecule has 8 nitrogen and oxygen atoms in total. The van der Waals surface area contributed by atoms with Crippen molar-refractivity contribution >= 4 is 27.5 Å². The minimum atomic E-state index is -3.17. The van der Waals surface area contributed by atoms with Gasteiger partial charge < -0.3 is 10.1 Å². The van der Waals surface area contributed by atoms with E-state index in [-0.39, 0.29) is 12.0 Å². The van der Waals surface area contributed by atoms with Gasteiger partial charge in [0.15, 0.2) is 0 Å². The van der Waals surface area contributed by atoms with Crippen LogP contribution in [0, 0.1) is 0 Å². The zero-order chi connectivity index (χ0) is 20.9. The molecule has 0 atom stereocenters. The number of benzene rings is 1. The molecule has 1 aromatic carbocycles. The number of halogens is 1. The molecule has 3 rings (SSSR count). The molecular weight excluding hydrogens is 416 g/mol. The normalized spacial score (nSPS) is 15.8. The van der Waals surface area contributed by atoms with Crippen LogP contribution >= 0.6 is 11.6 Å². The third-order valence-corrected chi connectivity index (χ3v) is 6.24. The third-order valence-electron chi connectivity index (χ3n) is 4.64. The summed E-state index contributed by atoms with van der Waals surface area (Å²) in [5.41, 5.74) is 1.24. The van der Waals surface area contributed by atoms with Gasteiger partial charge in [0.1, 0.15) is 11.9 Å². The maximum absolute atomic E-state index is 12.3. The van der Waals surface area contributed by atoms with Gasteiger partial charge in [-0.2, -0.15) is 0 Å². The molecule has 10 heteroatoms. The predicted octanol–water partition coefficient (Wildman–Crippen LogP) is 1.91. The zero-order valence-corrected chi connectivity index (χ0v) is 17.6. The second kappa shape index (κ2) is 9.51. The van der Waals surface area contributed by atoms with Gasteiger partial charge in [-0.3, -0.25) is 14.8 Å². The fourth-order valence-electron chi connectivity index (χ4n) is 3.06. The van der Waals surface area contributed by atoms with Crippen molar-refractivity contribution in [2.45, 2.75) is 25.4 Å². The van der Waals surface area contributed by atoms with Crippen LogP contribution in [-0.2, 0) is 16.4 Å². The summed E-state index contributed by atoms with van der Waals surface area (Å²) < 4.78 is 30.5. The molecule has 156 valence electrons. The first kappa shape index (κ1) is 21.5. The Morgan fingerprint density at radius 2 is 2.07 bits per heavy atom. The van der Waals surface area contributed by atoms with Crippen molar-refractivity contribution in [3.05, 3.63) is 53.1 Å². The number of carbonyl (C=O) groups excluding carboxylic acids is 1. The van der Waals surface area contributed by atoms with E-state index < -0.39 is 10.0 Å². The van der Waals surface area contributed by atoms with Crippen LogP contribution in [-0.4, -0.2) is 60.6 Å². The lowest BCUT2D eigenvalue weighted by atomic mass is 10.1. The van der Waals surface area contributed by atoms with E-state index in [9.17, 15) is 13.2 Å². The number of aromatic nitrogens is 2. The van der Waals surface area contributed by atoms with Gasteiger partial charge in [0.2, 0.25) is 10.0 Å². The van der Waals surface area contributed by atoms with Gasteiger partial charge in [0.25, 0.3) is 5.91 Å². The smallest absolute Gasteiger partial charge is 0.251 e. The first-order valence-electron chi connectivity index (χ1n) is 9.27. The SMILES string of the molecule is CS(=O)(=O)N1CCC(Oc2ccc(C(=O)NCCc3cnccn3)cc2Cl)CC1. The minimum Gasteiger partial charge on any atom is -0.489 e. The molecule has 1 aliphatic rings. The molecule has 29 heavy (non-hydrogen) atoms. The van der Waals surface area contributed by atoms with E-state index >= 15 is 0 Å². The third kappa shape index (κ3) is 6.12. The monoisotopic (exact) mass is 438 g/mol. The van der Waals surface area contributed by atoms with E-state index in [1.807, 2.05) is 0 Å². The number of rotatable bonds is 7. The van der Waals surface area contributed by atoms with Crippen LogP contribution in [0.4, 0.5) is 0 Å². The standard InChI is InChI=1S/C19H23ClN4O4S/c1-29(26,27)24-10-5-16(6-11-24)28-18-3-2-14(12-17(18)20)19(25)23-7-4-15-13-21-8-9-22-15/h2-3,8-9,12-13,16H,4-7,10-11H2,1H3,(H,23,25). The van der Waals surface area contributed by atoms with Gasteiger partial charge in [-0.1, -0.05) is 11.6 Å². The number of piperidine rings is 1. The summed E-state index contributed by atoms with van der Waals surface area (Å²) in [6.07, 6.45) is 7.74. The van der Waals surface area contributed by atoms with E-state index in [0.29, 0.717) is 55.2 Å². The Labute approximate surface area is 175 Å². The molecule has 2 aromatic rings. The molecule has 2 heterocycles. The lowest BCUT2D eigenvalue weighted by molar-refractivity contribution is 0.0954. The molecule has 1 N–H and O–H groups in total. The first-order valence-corrected chi connectivity index (χ1v) is 11.5. The first-order chi connectivity index (χ1) is 13.8. The molecular formula is C19H23ClN4O4S. The molecule has 0 radical (unpaired) electrons. The van der Waals surface area contributed by atoms with Crippen molar-refractivity contribution in [1.29, 1.82) is 0 Å². The Bertz CT molecular complexity index is 948. The average molecular weight is 439 g/mol. The predicted molar refractivity (Wildman–Crippen MR) is 110 cm³/mol. The van der Waals surface area contributed by atoms with Gasteiger partial charge in [0, 0.05) is 50.2 Å². The Morgan fingerprint density at radius 3 is 2.69 bits per heavy atom. The molecule has 1 aromatic heterocycles. The summed E-state index contributed by atoms with van der Waals surface area (Å²) in [4.78, 5) is 20.5. The lowest BCUT2D eigenvalue weighted by Gasteiger charge is -2.30. The van der Waals surface area contributed by atoms with Crippen molar-refractivity contribution in [3.63, 3.8) is 0 Å². The average Bonchev–Trinajstić information content (AvgIpc) is 2.70. The summed E-state index contributed by atoms with van der Waals surface area (Å²) >= 11 is 6.29. The molecule has 1 aliphatic heterocycles. The summed E-state index contributed by atoms with van der Waals surface area (Å²) in [5, 5.41) is 3.17. The Morgan fingerprint density at radius 1 is 1.31 bits per heavy atom. The molecule has 0 bridgehead atoms. The van der Waals surface area contributed by atoms with Crippen LogP contribution in [0.2, 0.25) is 5.02 Å². The molecule has 0 saturated carbocycles. The number of ether oxygens (including phenoxy) is 1. The number of nitrogens with one attached hydrogen (secondary N) is 1. The highest BCUT2D eigenvalue weighted by Gasteiger charge is 2.26. The van der Waals surface area contributed by atoms with E-state index in [0.717, 1.165) is 5.69 Å². The molecule has 1 fully saturated rings. The van der Waals surface area contributed by atoms with Gasteiger partial charge in [-0.25, -0.2) is 12.7 Å². The van der Waals surface area contributed by atoms with E-state index in [2.05, 4.69) is 15.3 Å². The lowest BCUT2D eigenvalue weighted by Crippen LogP contribution is -2.41. The zero-order valence-electron chi connectivity index (χ0n) is 16.0. The fourth-order valence-corrected chi connectivity index (χ4v) is 4.16. The van der Waals surface area contributed by atoms with Gasteiger partial charge in [-0.05, 0) is 31.0 Å². The quantitative estimate of drug-likeness (QED) is 0.708.